The van der Waals surface area contributed by atoms with E-state index in [9.17, 15) is 0 Å². The largest absolute Gasteiger partial charge is 0.495 e. The molecule has 7 heteroatoms. The maximum atomic E-state index is 5.55. The number of methoxy groups -OCH3 is 1. The predicted octanol–water partition coefficient (Wildman–Crippen LogP) is 3.74. The third-order valence-corrected chi connectivity index (χ3v) is 5.04. The molecule has 0 amide bonds. The minimum Gasteiger partial charge on any atom is -0.495 e. The number of aromatic nitrogens is 1. The Bertz CT molecular complexity index is 798. The smallest absolute Gasteiger partial charge is 0.191 e. The lowest BCUT2D eigenvalue weighted by Crippen LogP contribution is -2.51. The van der Waals surface area contributed by atoms with E-state index in [1.165, 1.54) is 5.56 Å². The molecule has 2 heterocycles. The highest BCUT2D eigenvalue weighted by Gasteiger charge is 2.22. The second-order valence-corrected chi connectivity index (χ2v) is 7.06. The highest BCUT2D eigenvalue weighted by atomic mass is 127. The van der Waals surface area contributed by atoms with Gasteiger partial charge in [-0.2, -0.15) is 0 Å². The second kappa shape index (κ2) is 11.8. The van der Waals surface area contributed by atoms with Gasteiger partial charge in [0.1, 0.15) is 5.75 Å². The number of hydrogen-bond acceptors (Lipinski definition) is 4. The molecule has 29 heavy (non-hydrogen) atoms. The number of para-hydroxylation sites is 2. The van der Waals surface area contributed by atoms with E-state index in [1.807, 2.05) is 24.4 Å². The number of benzene rings is 1. The van der Waals surface area contributed by atoms with Crippen LogP contribution in [0.5, 0.6) is 5.75 Å². The van der Waals surface area contributed by atoms with Crippen LogP contribution in [-0.4, -0.2) is 43.7 Å². The highest BCUT2D eigenvalue weighted by molar-refractivity contribution is 14.0. The Balaban J connectivity index is 0.00000300. The van der Waals surface area contributed by atoms with Gasteiger partial charge >= 0.3 is 0 Å². The molecule has 6 nitrogen and oxygen atoms in total. The molecular formula is C22H32IN5O. The first-order chi connectivity index (χ1) is 13.7. The molecule has 1 aliphatic heterocycles. The third kappa shape index (κ3) is 6.48. The Labute approximate surface area is 191 Å². The number of guanidine groups is 1. The molecule has 1 aliphatic rings. The molecule has 1 atom stereocenters. The monoisotopic (exact) mass is 509 g/mol. The Kier molecular flexibility index (Phi) is 9.50. The Morgan fingerprint density at radius 2 is 2.10 bits per heavy atom. The number of aryl methyl sites for hydroxylation is 1. The Hall–Kier alpha value is -2.03. The zero-order valence-corrected chi connectivity index (χ0v) is 19.8. The van der Waals surface area contributed by atoms with Crippen molar-refractivity contribution >= 4 is 35.6 Å². The highest BCUT2D eigenvalue weighted by Crippen LogP contribution is 2.29. The van der Waals surface area contributed by atoms with Crippen LogP contribution in [0.4, 0.5) is 5.69 Å². The van der Waals surface area contributed by atoms with E-state index >= 15 is 0 Å². The van der Waals surface area contributed by atoms with Crippen LogP contribution in [0, 0.1) is 6.92 Å². The number of ether oxygens (including phenoxy) is 1. The van der Waals surface area contributed by atoms with Gasteiger partial charge in [0.2, 0.25) is 0 Å². The third-order valence-electron chi connectivity index (χ3n) is 5.04. The Morgan fingerprint density at radius 1 is 1.28 bits per heavy atom. The van der Waals surface area contributed by atoms with E-state index < -0.39 is 0 Å². The summed E-state index contributed by atoms with van der Waals surface area (Å²) < 4.78 is 5.55. The number of halogens is 1. The molecule has 2 aromatic rings. The number of aliphatic imine (C=N–C) groups is 1. The summed E-state index contributed by atoms with van der Waals surface area (Å²) >= 11 is 0. The summed E-state index contributed by atoms with van der Waals surface area (Å²) in [5.74, 6) is 1.77. The van der Waals surface area contributed by atoms with Crippen molar-refractivity contribution in [2.24, 2.45) is 4.99 Å². The summed E-state index contributed by atoms with van der Waals surface area (Å²) in [6, 6.07) is 12.6. The van der Waals surface area contributed by atoms with Crippen LogP contribution in [0.3, 0.4) is 0 Å². The number of hydrogen-bond donors (Lipinski definition) is 2. The van der Waals surface area contributed by atoms with Gasteiger partial charge in [-0.1, -0.05) is 18.2 Å². The van der Waals surface area contributed by atoms with Crippen LogP contribution < -0.4 is 20.3 Å². The van der Waals surface area contributed by atoms with Crippen LogP contribution in [0.25, 0.3) is 0 Å². The summed E-state index contributed by atoms with van der Waals surface area (Å²) in [6.45, 7) is 7.53. The fourth-order valence-electron chi connectivity index (χ4n) is 3.56. The van der Waals surface area contributed by atoms with Gasteiger partial charge in [0, 0.05) is 31.9 Å². The maximum absolute atomic E-state index is 5.55. The molecule has 158 valence electrons. The summed E-state index contributed by atoms with van der Waals surface area (Å²) in [7, 11) is 1.73. The fourth-order valence-corrected chi connectivity index (χ4v) is 3.56. The van der Waals surface area contributed by atoms with Crippen molar-refractivity contribution in [2.45, 2.75) is 39.3 Å². The van der Waals surface area contributed by atoms with Crippen LogP contribution in [-0.2, 0) is 6.54 Å². The number of anilines is 1. The van der Waals surface area contributed by atoms with Gasteiger partial charge in [0.05, 0.1) is 25.0 Å². The normalized spacial score (nSPS) is 16.7. The van der Waals surface area contributed by atoms with E-state index in [1.54, 1.807) is 7.11 Å². The number of piperidine rings is 1. The molecule has 3 rings (SSSR count). The predicted molar refractivity (Wildman–Crippen MR) is 131 cm³/mol. The maximum Gasteiger partial charge on any atom is 0.191 e. The molecule has 0 aliphatic carbocycles. The van der Waals surface area contributed by atoms with Gasteiger partial charge in [0.15, 0.2) is 5.96 Å². The van der Waals surface area contributed by atoms with Crippen LogP contribution in [0.1, 0.15) is 31.0 Å². The number of nitrogens with one attached hydrogen (secondary N) is 2. The van der Waals surface area contributed by atoms with Crippen LogP contribution in [0.15, 0.2) is 47.6 Å². The molecule has 1 fully saturated rings. The van der Waals surface area contributed by atoms with E-state index in [0.717, 1.165) is 55.6 Å². The molecule has 0 spiro atoms. The SMILES string of the molecule is CCNC(=NCc1ncccc1C)NC1CCCN(c2ccccc2OC)C1.I. The second-order valence-electron chi connectivity index (χ2n) is 7.06. The van der Waals surface area contributed by atoms with Crippen molar-refractivity contribution in [1.82, 2.24) is 15.6 Å². The van der Waals surface area contributed by atoms with Crippen molar-refractivity contribution in [2.75, 3.05) is 31.6 Å². The quantitative estimate of drug-likeness (QED) is 0.353. The summed E-state index contributed by atoms with van der Waals surface area (Å²) in [6.07, 6.45) is 4.08. The van der Waals surface area contributed by atoms with Crippen molar-refractivity contribution in [3.8, 4) is 5.75 Å². The van der Waals surface area contributed by atoms with Crippen LogP contribution >= 0.6 is 24.0 Å². The van der Waals surface area contributed by atoms with Gasteiger partial charge in [-0.25, -0.2) is 4.99 Å². The zero-order chi connectivity index (χ0) is 19.8. The van der Waals surface area contributed by atoms with Crippen molar-refractivity contribution < 1.29 is 4.74 Å². The van der Waals surface area contributed by atoms with Crippen molar-refractivity contribution in [1.29, 1.82) is 0 Å². The van der Waals surface area contributed by atoms with Gasteiger partial charge in [-0.15, -0.1) is 24.0 Å². The van der Waals surface area contributed by atoms with Crippen molar-refractivity contribution in [3.63, 3.8) is 0 Å². The average molecular weight is 509 g/mol. The first kappa shape index (κ1) is 23.3. The lowest BCUT2D eigenvalue weighted by molar-refractivity contribution is 0.408. The molecule has 0 saturated carbocycles. The van der Waals surface area contributed by atoms with Gasteiger partial charge < -0.3 is 20.3 Å². The molecule has 1 saturated heterocycles. The first-order valence-corrected chi connectivity index (χ1v) is 10.0. The van der Waals surface area contributed by atoms with Gasteiger partial charge in [0.25, 0.3) is 0 Å². The van der Waals surface area contributed by atoms with E-state index in [2.05, 4.69) is 52.6 Å². The minimum absolute atomic E-state index is 0. The van der Waals surface area contributed by atoms with Gasteiger partial charge in [-0.3, -0.25) is 4.98 Å². The standard InChI is InChI=1S/C22H31N5O.HI/c1-4-23-22(25-15-19-17(2)9-7-13-24-19)26-18-10-8-14-27(16-18)20-11-5-6-12-21(20)28-3;/h5-7,9,11-13,18H,4,8,10,14-16H2,1-3H3,(H2,23,25,26);1H. The Morgan fingerprint density at radius 3 is 2.86 bits per heavy atom. The molecular weight excluding hydrogens is 477 g/mol. The average Bonchev–Trinajstić information content (AvgIpc) is 2.73. The van der Waals surface area contributed by atoms with E-state index in [0.29, 0.717) is 12.6 Å². The molecule has 2 N–H and O–H groups in total. The zero-order valence-electron chi connectivity index (χ0n) is 17.5. The van der Waals surface area contributed by atoms with Gasteiger partial charge in [-0.05, 0) is 50.5 Å². The topological polar surface area (TPSA) is 61.8 Å². The van der Waals surface area contributed by atoms with E-state index in [-0.39, 0.29) is 24.0 Å². The number of nitrogens with zero attached hydrogens (tertiary/aromatic N) is 3. The number of rotatable bonds is 6. The lowest BCUT2D eigenvalue weighted by atomic mass is 10.0. The van der Waals surface area contributed by atoms with Crippen molar-refractivity contribution in [3.05, 3.63) is 53.9 Å². The molecule has 1 aromatic heterocycles. The molecule has 0 bridgehead atoms. The molecule has 1 aromatic carbocycles. The minimum atomic E-state index is 0. The molecule has 0 radical (unpaired) electrons. The van der Waals surface area contributed by atoms with E-state index in [4.69, 9.17) is 9.73 Å². The van der Waals surface area contributed by atoms with Crippen LogP contribution in [0.2, 0.25) is 0 Å². The lowest BCUT2D eigenvalue weighted by Gasteiger charge is -2.36. The molecule has 1 unspecified atom stereocenters. The summed E-state index contributed by atoms with van der Waals surface area (Å²) in [5.41, 5.74) is 3.34. The first-order valence-electron chi connectivity index (χ1n) is 10.0. The summed E-state index contributed by atoms with van der Waals surface area (Å²) in [5, 5.41) is 6.98. The number of pyridine rings is 1. The fraction of sp³-hybridized carbons (Fsp3) is 0.455. The summed E-state index contributed by atoms with van der Waals surface area (Å²) in [4.78, 5) is 11.6.